The third kappa shape index (κ3) is 4.90. The maximum absolute atomic E-state index is 5.26. The molecule has 0 aliphatic carbocycles. The zero-order chi connectivity index (χ0) is 19.2. The summed E-state index contributed by atoms with van der Waals surface area (Å²) in [4.78, 5) is 6.84. The van der Waals surface area contributed by atoms with Gasteiger partial charge in [-0.25, -0.2) is 4.68 Å². The number of ether oxygens (including phenoxy) is 1. The van der Waals surface area contributed by atoms with Gasteiger partial charge in [0, 0.05) is 21.9 Å². The van der Waals surface area contributed by atoms with Crippen LogP contribution in [-0.4, -0.2) is 30.3 Å². The Bertz CT molecular complexity index is 968. The van der Waals surface area contributed by atoms with E-state index in [2.05, 4.69) is 49.7 Å². The molecule has 0 unspecified atom stereocenters. The van der Waals surface area contributed by atoms with Crippen molar-refractivity contribution in [3.05, 3.63) is 64.3 Å². The van der Waals surface area contributed by atoms with Crippen molar-refractivity contribution >= 4 is 29.3 Å². The van der Waals surface area contributed by atoms with E-state index >= 15 is 0 Å². The van der Waals surface area contributed by atoms with E-state index < -0.39 is 0 Å². The molecule has 0 saturated carbocycles. The van der Waals surface area contributed by atoms with Gasteiger partial charge in [0.05, 0.1) is 19.0 Å². The fraction of sp³-hybridized carbons (Fsp3) is 0.238. The van der Waals surface area contributed by atoms with Gasteiger partial charge in [0.15, 0.2) is 0 Å². The van der Waals surface area contributed by atoms with Crippen molar-refractivity contribution in [2.24, 2.45) is 10.1 Å². The van der Waals surface area contributed by atoms with Gasteiger partial charge in [-0.1, -0.05) is 12.1 Å². The molecule has 3 rings (SSSR count). The van der Waals surface area contributed by atoms with Crippen LogP contribution in [0.2, 0.25) is 0 Å². The van der Waals surface area contributed by atoms with E-state index in [1.165, 1.54) is 4.90 Å². The molecule has 0 aliphatic rings. The molecule has 140 valence electrons. The molecule has 0 spiro atoms. The minimum absolute atomic E-state index is 0.203. The number of rotatable bonds is 6. The second-order valence-corrected chi connectivity index (χ2v) is 7.90. The van der Waals surface area contributed by atoms with Gasteiger partial charge in [-0.15, -0.1) is 23.1 Å². The standard InChI is InChI=1S/C21H23N3OS2/c1-15(2)23-21-24(22-13-16-5-11-19(26-4)12-6-16)20(14-27-21)17-7-9-18(25-3)10-8-17/h5-15H,1-4H3. The summed E-state index contributed by atoms with van der Waals surface area (Å²) in [5.41, 5.74) is 3.15. The van der Waals surface area contributed by atoms with Gasteiger partial charge in [-0.3, -0.25) is 4.99 Å². The van der Waals surface area contributed by atoms with Crippen LogP contribution in [0.4, 0.5) is 0 Å². The first-order chi connectivity index (χ1) is 13.1. The first kappa shape index (κ1) is 19.5. The van der Waals surface area contributed by atoms with E-state index in [9.17, 15) is 0 Å². The lowest BCUT2D eigenvalue weighted by Crippen LogP contribution is -2.14. The summed E-state index contributed by atoms with van der Waals surface area (Å²) in [7, 11) is 1.67. The molecular formula is C21H23N3OS2. The van der Waals surface area contributed by atoms with Crippen LogP contribution in [0.3, 0.4) is 0 Å². The highest BCUT2D eigenvalue weighted by atomic mass is 32.2. The number of nitrogens with zero attached hydrogens (tertiary/aromatic N) is 3. The van der Waals surface area contributed by atoms with Gasteiger partial charge < -0.3 is 4.74 Å². The largest absolute Gasteiger partial charge is 0.497 e. The Morgan fingerprint density at radius 3 is 2.37 bits per heavy atom. The molecule has 4 nitrogen and oxygen atoms in total. The lowest BCUT2D eigenvalue weighted by Gasteiger charge is -2.05. The molecule has 0 amide bonds. The molecule has 0 bridgehead atoms. The van der Waals surface area contributed by atoms with E-state index in [-0.39, 0.29) is 6.04 Å². The van der Waals surface area contributed by atoms with Crippen LogP contribution < -0.4 is 9.54 Å². The van der Waals surface area contributed by atoms with Crippen molar-refractivity contribution in [2.75, 3.05) is 13.4 Å². The summed E-state index contributed by atoms with van der Waals surface area (Å²) in [6.07, 6.45) is 3.95. The molecular weight excluding hydrogens is 374 g/mol. The minimum atomic E-state index is 0.203. The minimum Gasteiger partial charge on any atom is -0.497 e. The molecule has 6 heteroatoms. The Morgan fingerprint density at radius 1 is 1.07 bits per heavy atom. The highest BCUT2D eigenvalue weighted by Crippen LogP contribution is 2.23. The molecule has 1 heterocycles. The van der Waals surface area contributed by atoms with Crippen LogP contribution in [0.5, 0.6) is 5.75 Å². The zero-order valence-electron chi connectivity index (χ0n) is 15.9. The van der Waals surface area contributed by atoms with Crippen LogP contribution in [0.15, 0.2) is 68.9 Å². The summed E-state index contributed by atoms with van der Waals surface area (Å²) >= 11 is 3.33. The second-order valence-electron chi connectivity index (χ2n) is 6.18. The van der Waals surface area contributed by atoms with Gasteiger partial charge in [0.2, 0.25) is 4.80 Å². The normalized spacial score (nSPS) is 12.3. The van der Waals surface area contributed by atoms with Crippen LogP contribution >= 0.6 is 23.1 Å². The third-order valence-corrected chi connectivity index (χ3v) is 5.45. The van der Waals surface area contributed by atoms with Crippen molar-refractivity contribution in [3.8, 4) is 17.0 Å². The smallest absolute Gasteiger partial charge is 0.206 e. The van der Waals surface area contributed by atoms with Gasteiger partial charge in [0.1, 0.15) is 5.75 Å². The van der Waals surface area contributed by atoms with E-state index in [4.69, 9.17) is 14.8 Å². The molecule has 27 heavy (non-hydrogen) atoms. The molecule has 0 radical (unpaired) electrons. The molecule has 0 fully saturated rings. The van der Waals surface area contributed by atoms with Gasteiger partial charge in [-0.05, 0) is 62.1 Å². The van der Waals surface area contributed by atoms with E-state index in [1.54, 1.807) is 30.2 Å². The molecule has 0 saturated heterocycles. The van der Waals surface area contributed by atoms with E-state index in [0.717, 1.165) is 27.4 Å². The Morgan fingerprint density at radius 2 is 1.78 bits per heavy atom. The van der Waals surface area contributed by atoms with E-state index in [0.29, 0.717) is 0 Å². The molecule has 0 N–H and O–H groups in total. The van der Waals surface area contributed by atoms with Crippen molar-refractivity contribution in [2.45, 2.75) is 24.8 Å². The van der Waals surface area contributed by atoms with Crippen LogP contribution in [0, 0.1) is 0 Å². The van der Waals surface area contributed by atoms with Gasteiger partial charge in [0.25, 0.3) is 0 Å². The Balaban J connectivity index is 2.02. The van der Waals surface area contributed by atoms with Crippen molar-refractivity contribution in [1.82, 2.24) is 4.68 Å². The lowest BCUT2D eigenvalue weighted by atomic mass is 10.2. The first-order valence-electron chi connectivity index (χ1n) is 8.68. The van der Waals surface area contributed by atoms with Crippen LogP contribution in [-0.2, 0) is 0 Å². The summed E-state index contributed by atoms with van der Waals surface area (Å²) in [5.74, 6) is 0.838. The number of methoxy groups -OCH3 is 1. The predicted octanol–water partition coefficient (Wildman–Crippen LogP) is 5.14. The van der Waals surface area contributed by atoms with Crippen molar-refractivity contribution in [1.29, 1.82) is 0 Å². The maximum atomic E-state index is 5.26. The number of thioether (sulfide) groups is 1. The molecule has 2 aromatic carbocycles. The Kier molecular flexibility index (Phi) is 6.53. The average molecular weight is 398 g/mol. The molecule has 0 aliphatic heterocycles. The highest BCUT2D eigenvalue weighted by Gasteiger charge is 2.08. The SMILES string of the molecule is COc1ccc(-c2csc(=NC(C)C)n2N=Cc2ccc(SC)cc2)cc1. The van der Waals surface area contributed by atoms with Crippen molar-refractivity contribution in [3.63, 3.8) is 0 Å². The molecule has 0 atom stereocenters. The van der Waals surface area contributed by atoms with Crippen LogP contribution in [0.1, 0.15) is 19.4 Å². The Hall–Kier alpha value is -2.31. The highest BCUT2D eigenvalue weighted by molar-refractivity contribution is 7.98. The first-order valence-corrected chi connectivity index (χ1v) is 10.8. The quantitative estimate of drug-likeness (QED) is 0.427. The Labute approximate surface area is 168 Å². The molecule has 3 aromatic rings. The number of benzene rings is 2. The van der Waals surface area contributed by atoms with Gasteiger partial charge >= 0.3 is 0 Å². The number of hydrogen-bond donors (Lipinski definition) is 0. The van der Waals surface area contributed by atoms with Crippen LogP contribution in [0.25, 0.3) is 11.3 Å². The predicted molar refractivity (Wildman–Crippen MR) is 116 cm³/mol. The monoisotopic (exact) mass is 397 g/mol. The average Bonchev–Trinajstić information content (AvgIpc) is 3.08. The summed E-state index contributed by atoms with van der Waals surface area (Å²) < 4.78 is 7.17. The molecule has 1 aromatic heterocycles. The summed E-state index contributed by atoms with van der Waals surface area (Å²) in [5, 5.41) is 6.83. The number of thiazole rings is 1. The summed E-state index contributed by atoms with van der Waals surface area (Å²) in [6.45, 7) is 4.14. The second kappa shape index (κ2) is 9.06. The van der Waals surface area contributed by atoms with Crippen molar-refractivity contribution < 1.29 is 4.74 Å². The number of hydrogen-bond acceptors (Lipinski definition) is 5. The van der Waals surface area contributed by atoms with E-state index in [1.807, 2.05) is 35.2 Å². The number of aromatic nitrogens is 1. The zero-order valence-corrected chi connectivity index (χ0v) is 17.6. The summed E-state index contributed by atoms with van der Waals surface area (Å²) in [6, 6.07) is 16.6. The van der Waals surface area contributed by atoms with Gasteiger partial charge in [-0.2, -0.15) is 5.10 Å². The fourth-order valence-corrected chi connectivity index (χ4v) is 3.87. The third-order valence-electron chi connectivity index (χ3n) is 3.88. The topological polar surface area (TPSA) is 38.9 Å². The lowest BCUT2D eigenvalue weighted by molar-refractivity contribution is 0.415. The fourth-order valence-electron chi connectivity index (χ4n) is 2.50. The maximum Gasteiger partial charge on any atom is 0.206 e.